The number of aryl methyl sites for hydroxylation is 1. The summed E-state index contributed by atoms with van der Waals surface area (Å²) >= 11 is 0. The third-order valence-electron chi connectivity index (χ3n) is 5.34. The molecule has 0 bridgehead atoms. The maximum absolute atomic E-state index is 12.4. The van der Waals surface area contributed by atoms with Crippen molar-refractivity contribution in [3.63, 3.8) is 0 Å². The first kappa shape index (κ1) is 27.2. The second kappa shape index (κ2) is 15.8. The van der Waals surface area contributed by atoms with Crippen molar-refractivity contribution in [1.29, 1.82) is 0 Å². The van der Waals surface area contributed by atoms with Crippen LogP contribution in [0.25, 0.3) is 0 Å². The van der Waals surface area contributed by atoms with Crippen LogP contribution < -0.4 is 14.8 Å². The van der Waals surface area contributed by atoms with Gasteiger partial charge in [-0.25, -0.2) is 4.79 Å². The van der Waals surface area contributed by atoms with Crippen LogP contribution in [0.1, 0.15) is 81.6 Å². The molecule has 6 heteroatoms. The third kappa shape index (κ3) is 9.86. The Kier molecular flexibility index (Phi) is 12.6. The molecule has 186 valence electrons. The number of amides is 1. The summed E-state index contributed by atoms with van der Waals surface area (Å²) < 4.78 is 16.8. The molecule has 34 heavy (non-hydrogen) atoms. The second-order valence-corrected chi connectivity index (χ2v) is 8.24. The van der Waals surface area contributed by atoms with E-state index >= 15 is 0 Å². The van der Waals surface area contributed by atoms with Gasteiger partial charge in [0, 0.05) is 12.1 Å². The van der Waals surface area contributed by atoms with Gasteiger partial charge in [0.1, 0.15) is 0 Å². The van der Waals surface area contributed by atoms with Crippen LogP contribution in [-0.4, -0.2) is 31.7 Å². The van der Waals surface area contributed by atoms with E-state index in [2.05, 4.69) is 19.2 Å². The molecule has 0 heterocycles. The number of ether oxygens (including phenoxy) is 3. The number of anilines is 1. The predicted molar refractivity (Wildman–Crippen MR) is 136 cm³/mol. The number of benzene rings is 2. The lowest BCUT2D eigenvalue weighted by atomic mass is 10.1. The summed E-state index contributed by atoms with van der Waals surface area (Å²) in [6.07, 6.45) is 7.24. The summed E-state index contributed by atoms with van der Waals surface area (Å²) in [6, 6.07) is 12.6. The summed E-state index contributed by atoms with van der Waals surface area (Å²) in [6.45, 7) is 7.86. The number of unbranched alkanes of at least 4 members (excludes halogenated alkanes) is 4. The Morgan fingerprint density at radius 3 is 2.26 bits per heavy atom. The average molecular weight is 470 g/mol. The van der Waals surface area contributed by atoms with Crippen molar-refractivity contribution in [1.82, 2.24) is 0 Å². The summed E-state index contributed by atoms with van der Waals surface area (Å²) in [4.78, 5) is 24.5. The van der Waals surface area contributed by atoms with E-state index in [0.717, 1.165) is 49.8 Å². The monoisotopic (exact) mass is 469 g/mol. The van der Waals surface area contributed by atoms with Gasteiger partial charge in [0.05, 0.1) is 25.4 Å². The van der Waals surface area contributed by atoms with Gasteiger partial charge in [-0.05, 0) is 68.1 Å². The maximum Gasteiger partial charge on any atom is 0.338 e. The fourth-order valence-electron chi connectivity index (χ4n) is 3.37. The van der Waals surface area contributed by atoms with Gasteiger partial charge in [-0.1, -0.05) is 45.6 Å². The molecule has 0 aliphatic heterocycles. The van der Waals surface area contributed by atoms with Crippen molar-refractivity contribution in [2.75, 3.05) is 25.1 Å². The van der Waals surface area contributed by atoms with E-state index in [0.29, 0.717) is 49.7 Å². The molecular formula is C28H39NO5. The van der Waals surface area contributed by atoms with Gasteiger partial charge in [-0.2, -0.15) is 0 Å². The number of hydrogen-bond donors (Lipinski definition) is 1. The largest absolute Gasteiger partial charge is 0.490 e. The highest BCUT2D eigenvalue weighted by Gasteiger charge is 2.10. The Bertz CT molecular complexity index is 879. The Balaban J connectivity index is 1.82. The van der Waals surface area contributed by atoms with Gasteiger partial charge in [0.25, 0.3) is 0 Å². The molecule has 6 nitrogen and oxygen atoms in total. The predicted octanol–water partition coefficient (Wildman–Crippen LogP) is 6.57. The van der Waals surface area contributed by atoms with Crippen LogP contribution in [-0.2, 0) is 16.0 Å². The molecule has 0 saturated carbocycles. The fraction of sp³-hybridized carbons (Fsp3) is 0.500. The smallest absolute Gasteiger partial charge is 0.338 e. The van der Waals surface area contributed by atoms with Gasteiger partial charge in [-0.15, -0.1) is 0 Å². The molecule has 2 rings (SSSR count). The van der Waals surface area contributed by atoms with Crippen molar-refractivity contribution >= 4 is 17.6 Å². The molecule has 0 fully saturated rings. The zero-order valence-electron chi connectivity index (χ0n) is 20.9. The number of rotatable bonds is 16. The summed E-state index contributed by atoms with van der Waals surface area (Å²) in [5, 5.41) is 2.88. The van der Waals surface area contributed by atoms with Crippen LogP contribution in [0.2, 0.25) is 0 Å². The summed E-state index contributed by atoms with van der Waals surface area (Å²) in [5.74, 6) is 1.03. The molecule has 0 aliphatic carbocycles. The maximum atomic E-state index is 12.4. The summed E-state index contributed by atoms with van der Waals surface area (Å²) in [5.41, 5.74) is 2.15. The van der Waals surface area contributed by atoms with Crippen molar-refractivity contribution < 1.29 is 23.8 Å². The highest BCUT2D eigenvalue weighted by atomic mass is 16.5. The molecule has 2 aromatic carbocycles. The van der Waals surface area contributed by atoms with Crippen molar-refractivity contribution in [3.8, 4) is 11.5 Å². The molecule has 2 aromatic rings. The quantitative estimate of drug-likeness (QED) is 0.222. The van der Waals surface area contributed by atoms with E-state index < -0.39 is 0 Å². The number of nitrogens with one attached hydrogen (secondary N) is 1. The Morgan fingerprint density at radius 2 is 1.56 bits per heavy atom. The highest BCUT2D eigenvalue weighted by molar-refractivity contribution is 5.93. The van der Waals surface area contributed by atoms with Crippen LogP contribution >= 0.6 is 0 Å². The van der Waals surface area contributed by atoms with Gasteiger partial charge < -0.3 is 19.5 Å². The molecule has 0 aliphatic rings. The van der Waals surface area contributed by atoms with Crippen LogP contribution in [0, 0.1) is 0 Å². The van der Waals surface area contributed by atoms with Gasteiger partial charge >= 0.3 is 5.97 Å². The first-order valence-corrected chi connectivity index (χ1v) is 12.5. The lowest BCUT2D eigenvalue weighted by molar-refractivity contribution is -0.116. The molecule has 0 unspecified atom stereocenters. The first-order chi connectivity index (χ1) is 16.6. The normalized spacial score (nSPS) is 10.6. The molecule has 0 aromatic heterocycles. The van der Waals surface area contributed by atoms with Crippen LogP contribution in [0.5, 0.6) is 11.5 Å². The van der Waals surface area contributed by atoms with E-state index in [9.17, 15) is 9.59 Å². The lowest BCUT2D eigenvalue weighted by Crippen LogP contribution is -2.13. The van der Waals surface area contributed by atoms with E-state index in [1.807, 2.05) is 25.1 Å². The van der Waals surface area contributed by atoms with E-state index in [4.69, 9.17) is 14.2 Å². The number of hydrogen-bond acceptors (Lipinski definition) is 5. The van der Waals surface area contributed by atoms with Crippen LogP contribution in [0.3, 0.4) is 0 Å². The van der Waals surface area contributed by atoms with Gasteiger partial charge in [-0.3, -0.25) is 4.79 Å². The standard InChI is InChI=1S/C28H39NO5/c1-4-7-9-10-20-34-28(31)23-13-15-24(16-14-23)29-27(30)18-12-22-11-17-25(33-19-8-5-2)26(21-22)32-6-3/h11,13-17,21H,4-10,12,18-20H2,1-3H3,(H,29,30). The highest BCUT2D eigenvalue weighted by Crippen LogP contribution is 2.29. The molecule has 0 atom stereocenters. The second-order valence-electron chi connectivity index (χ2n) is 8.24. The molecule has 1 N–H and O–H groups in total. The van der Waals surface area contributed by atoms with E-state index in [-0.39, 0.29) is 11.9 Å². The van der Waals surface area contributed by atoms with E-state index in [1.54, 1.807) is 24.3 Å². The lowest BCUT2D eigenvalue weighted by Gasteiger charge is -2.13. The number of carbonyl (C=O) groups is 2. The van der Waals surface area contributed by atoms with Crippen LogP contribution in [0.4, 0.5) is 5.69 Å². The third-order valence-corrected chi connectivity index (χ3v) is 5.34. The van der Waals surface area contributed by atoms with E-state index in [1.165, 1.54) is 0 Å². The molecule has 0 spiro atoms. The van der Waals surface area contributed by atoms with Crippen LogP contribution in [0.15, 0.2) is 42.5 Å². The molecular weight excluding hydrogens is 430 g/mol. The topological polar surface area (TPSA) is 73.9 Å². The molecule has 0 radical (unpaired) electrons. The Hall–Kier alpha value is -3.02. The minimum absolute atomic E-state index is 0.0903. The minimum Gasteiger partial charge on any atom is -0.490 e. The molecule has 0 saturated heterocycles. The van der Waals surface area contributed by atoms with Gasteiger partial charge in [0.15, 0.2) is 11.5 Å². The van der Waals surface area contributed by atoms with Crippen molar-refractivity contribution in [2.45, 2.75) is 72.1 Å². The number of carbonyl (C=O) groups excluding carboxylic acids is 2. The Morgan fingerprint density at radius 1 is 0.794 bits per heavy atom. The zero-order chi connectivity index (χ0) is 24.6. The minimum atomic E-state index is -0.332. The van der Waals surface area contributed by atoms with Gasteiger partial charge in [0.2, 0.25) is 5.91 Å². The average Bonchev–Trinajstić information content (AvgIpc) is 2.84. The SMILES string of the molecule is CCCCCCOC(=O)c1ccc(NC(=O)CCc2ccc(OCCCC)c(OCC)c2)cc1. The molecule has 1 amide bonds. The summed E-state index contributed by atoms with van der Waals surface area (Å²) in [7, 11) is 0. The first-order valence-electron chi connectivity index (χ1n) is 12.5. The van der Waals surface area contributed by atoms with Crippen molar-refractivity contribution in [3.05, 3.63) is 53.6 Å². The van der Waals surface area contributed by atoms with Crippen molar-refractivity contribution in [2.24, 2.45) is 0 Å². The number of esters is 1. The Labute approximate surface area is 204 Å². The zero-order valence-corrected chi connectivity index (χ0v) is 20.9. The fourth-order valence-corrected chi connectivity index (χ4v) is 3.37.